The van der Waals surface area contributed by atoms with E-state index in [1.807, 2.05) is 17.5 Å². The predicted octanol–water partition coefficient (Wildman–Crippen LogP) is 4.42. The first-order valence-corrected chi connectivity index (χ1v) is 11.3. The summed E-state index contributed by atoms with van der Waals surface area (Å²) in [5, 5.41) is 5.28. The van der Waals surface area contributed by atoms with E-state index >= 15 is 0 Å². The molecule has 0 atom stereocenters. The molecule has 0 aliphatic heterocycles. The third-order valence-electron chi connectivity index (χ3n) is 5.22. The van der Waals surface area contributed by atoms with Crippen LogP contribution >= 0.6 is 11.3 Å². The van der Waals surface area contributed by atoms with Gasteiger partial charge in [0.2, 0.25) is 5.91 Å². The first kappa shape index (κ1) is 23.1. The summed E-state index contributed by atoms with van der Waals surface area (Å²) in [4.78, 5) is 27.8. The zero-order valence-corrected chi connectivity index (χ0v) is 19.5. The molecule has 1 aliphatic carbocycles. The third-order valence-corrected chi connectivity index (χ3v) is 6.12. The minimum Gasteiger partial charge on any atom is -0.493 e. The fourth-order valence-electron chi connectivity index (χ4n) is 3.54. The summed E-state index contributed by atoms with van der Waals surface area (Å²) in [7, 11) is 3.13. The zero-order valence-electron chi connectivity index (χ0n) is 18.7. The second kappa shape index (κ2) is 10.2. The number of hydrogen-bond donors (Lipinski definition) is 1. The molecule has 7 nitrogen and oxygen atoms in total. The van der Waals surface area contributed by atoms with E-state index < -0.39 is 5.97 Å². The van der Waals surface area contributed by atoms with Crippen molar-refractivity contribution in [3.63, 3.8) is 0 Å². The summed E-state index contributed by atoms with van der Waals surface area (Å²) < 4.78 is 16.0. The van der Waals surface area contributed by atoms with Gasteiger partial charge in [0.05, 0.1) is 27.4 Å². The van der Waals surface area contributed by atoms with Gasteiger partial charge < -0.3 is 19.5 Å². The lowest BCUT2D eigenvalue weighted by molar-refractivity contribution is -0.117. The van der Waals surface area contributed by atoms with Gasteiger partial charge in [0.25, 0.3) is 0 Å². The lowest BCUT2D eigenvalue weighted by Gasteiger charge is -2.25. The largest absolute Gasteiger partial charge is 0.493 e. The first-order valence-electron chi connectivity index (χ1n) is 10.5. The van der Waals surface area contributed by atoms with E-state index in [0.29, 0.717) is 40.2 Å². The average molecular weight is 447 g/mol. The van der Waals surface area contributed by atoms with Gasteiger partial charge in [-0.25, -0.2) is 4.79 Å². The average Bonchev–Trinajstić information content (AvgIpc) is 3.51. The molecule has 0 saturated heterocycles. The van der Waals surface area contributed by atoms with E-state index in [4.69, 9.17) is 14.2 Å². The maximum Gasteiger partial charge on any atom is 0.341 e. The molecule has 1 aromatic carbocycles. The summed E-state index contributed by atoms with van der Waals surface area (Å²) in [6, 6.07) is 6.21. The molecule has 2 aromatic rings. The molecule has 0 radical (unpaired) electrons. The maximum absolute atomic E-state index is 12.8. The van der Waals surface area contributed by atoms with Gasteiger partial charge in [-0.2, -0.15) is 0 Å². The van der Waals surface area contributed by atoms with E-state index in [-0.39, 0.29) is 18.6 Å². The van der Waals surface area contributed by atoms with Crippen molar-refractivity contribution in [2.24, 2.45) is 0 Å². The van der Waals surface area contributed by atoms with Gasteiger partial charge in [0.1, 0.15) is 10.6 Å². The van der Waals surface area contributed by atoms with E-state index in [9.17, 15) is 9.59 Å². The molecular formula is C23H30N2O5S. The number of amides is 1. The van der Waals surface area contributed by atoms with Gasteiger partial charge in [-0.15, -0.1) is 11.3 Å². The van der Waals surface area contributed by atoms with E-state index in [0.717, 1.165) is 18.4 Å². The van der Waals surface area contributed by atoms with E-state index in [1.54, 1.807) is 27.2 Å². The molecule has 31 heavy (non-hydrogen) atoms. The number of carbonyl (C=O) groups is 2. The van der Waals surface area contributed by atoms with Crippen LogP contribution in [0.1, 0.15) is 44.0 Å². The van der Waals surface area contributed by atoms with Crippen LogP contribution in [0.5, 0.6) is 11.5 Å². The SMILES string of the molecule is CCOC(=O)c1c(-c2ccc(OC)c(OC)c2)csc1NC(=O)CN(C(C)C)C1CC1. The smallest absolute Gasteiger partial charge is 0.341 e. The van der Waals surface area contributed by atoms with Crippen LogP contribution in [-0.2, 0) is 9.53 Å². The molecule has 8 heteroatoms. The van der Waals surface area contributed by atoms with Gasteiger partial charge in [-0.1, -0.05) is 6.07 Å². The minimum atomic E-state index is -0.466. The van der Waals surface area contributed by atoms with E-state index in [2.05, 4.69) is 24.1 Å². The van der Waals surface area contributed by atoms with Crippen molar-refractivity contribution < 1.29 is 23.8 Å². The lowest BCUT2D eigenvalue weighted by atomic mass is 10.0. The lowest BCUT2D eigenvalue weighted by Crippen LogP contribution is -2.39. The second-order valence-electron chi connectivity index (χ2n) is 7.69. The molecule has 1 N–H and O–H groups in total. The molecule has 1 saturated carbocycles. The van der Waals surface area contributed by atoms with Gasteiger partial charge in [-0.05, 0) is 51.3 Å². The molecule has 0 spiro atoms. The monoisotopic (exact) mass is 446 g/mol. The van der Waals surface area contributed by atoms with Crippen molar-refractivity contribution in [2.45, 2.75) is 45.7 Å². The molecular weight excluding hydrogens is 416 g/mol. The molecule has 1 amide bonds. The first-order chi connectivity index (χ1) is 14.9. The summed E-state index contributed by atoms with van der Waals surface area (Å²) in [5.41, 5.74) is 1.82. The van der Waals surface area contributed by atoms with Crippen LogP contribution in [0.4, 0.5) is 5.00 Å². The number of hydrogen-bond acceptors (Lipinski definition) is 7. The minimum absolute atomic E-state index is 0.133. The van der Waals surface area contributed by atoms with Crippen molar-refractivity contribution in [3.8, 4) is 22.6 Å². The van der Waals surface area contributed by atoms with Crippen LogP contribution in [0.15, 0.2) is 23.6 Å². The highest BCUT2D eigenvalue weighted by Gasteiger charge is 2.32. The second-order valence-corrected chi connectivity index (χ2v) is 8.57. The van der Waals surface area contributed by atoms with Crippen molar-refractivity contribution in [1.29, 1.82) is 0 Å². The van der Waals surface area contributed by atoms with Crippen molar-refractivity contribution in [3.05, 3.63) is 29.1 Å². The third kappa shape index (κ3) is 5.37. The number of rotatable bonds is 10. The number of carbonyl (C=O) groups excluding carboxylic acids is 2. The number of esters is 1. The Morgan fingerprint density at radius 2 is 1.90 bits per heavy atom. The van der Waals surface area contributed by atoms with Crippen LogP contribution in [0.2, 0.25) is 0 Å². The molecule has 1 aromatic heterocycles. The van der Waals surface area contributed by atoms with Crippen molar-refractivity contribution in [1.82, 2.24) is 4.90 Å². The Bertz CT molecular complexity index is 934. The Hall–Kier alpha value is -2.58. The van der Waals surface area contributed by atoms with Crippen LogP contribution < -0.4 is 14.8 Å². The quantitative estimate of drug-likeness (QED) is 0.545. The summed E-state index contributed by atoms with van der Waals surface area (Å²) in [6.07, 6.45) is 2.25. The molecule has 1 aliphatic rings. The Balaban J connectivity index is 1.90. The summed E-state index contributed by atoms with van der Waals surface area (Å²) in [6.45, 7) is 6.49. The normalized spacial score (nSPS) is 13.4. The number of methoxy groups -OCH3 is 2. The molecule has 1 heterocycles. The topological polar surface area (TPSA) is 77.1 Å². The fourth-order valence-corrected chi connectivity index (χ4v) is 4.52. The number of anilines is 1. The highest BCUT2D eigenvalue weighted by atomic mass is 32.1. The van der Waals surface area contributed by atoms with Gasteiger partial charge >= 0.3 is 5.97 Å². The number of thiophene rings is 1. The van der Waals surface area contributed by atoms with Gasteiger partial charge in [0, 0.05) is 23.0 Å². The Morgan fingerprint density at radius 3 is 2.48 bits per heavy atom. The highest BCUT2D eigenvalue weighted by molar-refractivity contribution is 7.15. The molecule has 1 fully saturated rings. The van der Waals surface area contributed by atoms with Gasteiger partial charge in [0.15, 0.2) is 11.5 Å². The zero-order chi connectivity index (χ0) is 22.5. The Labute approximate surface area is 187 Å². The molecule has 0 bridgehead atoms. The van der Waals surface area contributed by atoms with Crippen LogP contribution in [0.3, 0.4) is 0 Å². The number of nitrogens with zero attached hydrogens (tertiary/aromatic N) is 1. The predicted molar refractivity (Wildman–Crippen MR) is 122 cm³/mol. The number of ether oxygens (including phenoxy) is 3. The van der Waals surface area contributed by atoms with E-state index in [1.165, 1.54) is 11.3 Å². The van der Waals surface area contributed by atoms with Crippen molar-refractivity contribution in [2.75, 3.05) is 32.7 Å². The molecule has 0 unspecified atom stereocenters. The number of benzene rings is 1. The summed E-state index contributed by atoms with van der Waals surface area (Å²) >= 11 is 1.31. The van der Waals surface area contributed by atoms with Gasteiger partial charge in [-0.3, -0.25) is 9.69 Å². The number of nitrogens with one attached hydrogen (secondary N) is 1. The van der Waals surface area contributed by atoms with Crippen LogP contribution in [-0.4, -0.2) is 56.2 Å². The Kier molecular flexibility index (Phi) is 7.56. The Morgan fingerprint density at radius 1 is 1.19 bits per heavy atom. The van der Waals surface area contributed by atoms with Crippen molar-refractivity contribution >= 4 is 28.2 Å². The molecule has 3 rings (SSSR count). The highest BCUT2D eigenvalue weighted by Crippen LogP contribution is 2.39. The standard InChI is InChI=1S/C23H30N2O5S/c1-6-30-23(27)21-17(15-7-10-18(28-4)19(11-15)29-5)13-31-22(21)24-20(26)12-25(14(2)3)16-8-9-16/h7,10-11,13-14,16H,6,8-9,12H2,1-5H3,(H,24,26). The molecule has 168 valence electrons. The fraction of sp³-hybridized carbons (Fsp3) is 0.478. The maximum atomic E-state index is 12.8. The van der Waals surface area contributed by atoms with Crippen LogP contribution in [0, 0.1) is 0 Å². The summed E-state index contributed by atoms with van der Waals surface area (Å²) in [5.74, 6) is 0.559. The van der Waals surface area contributed by atoms with Crippen LogP contribution in [0.25, 0.3) is 11.1 Å².